The van der Waals surface area contributed by atoms with Gasteiger partial charge in [-0.15, -0.1) is 0 Å². The highest BCUT2D eigenvalue weighted by Crippen LogP contribution is 2.19. The maximum Gasteiger partial charge on any atom is 0.155 e. The molecule has 72 valence electrons. The van der Waals surface area contributed by atoms with Gasteiger partial charge in [0.2, 0.25) is 0 Å². The topological polar surface area (TPSA) is 53.6 Å². The molecular formula is C9H16N4. The highest BCUT2D eigenvalue weighted by atomic mass is 15.2. The number of rotatable bonds is 1. The summed E-state index contributed by atoms with van der Waals surface area (Å²) in [5.41, 5.74) is 0. The van der Waals surface area contributed by atoms with Crippen molar-refractivity contribution in [2.75, 3.05) is 13.1 Å². The van der Waals surface area contributed by atoms with Crippen LogP contribution in [0.3, 0.4) is 0 Å². The zero-order valence-electron chi connectivity index (χ0n) is 8.01. The van der Waals surface area contributed by atoms with Gasteiger partial charge in [0, 0.05) is 12.5 Å². The Morgan fingerprint density at radius 3 is 3.08 bits per heavy atom. The van der Waals surface area contributed by atoms with Gasteiger partial charge in [-0.2, -0.15) is 5.10 Å². The highest BCUT2D eigenvalue weighted by Gasteiger charge is 2.17. The van der Waals surface area contributed by atoms with Crippen LogP contribution in [-0.2, 0) is 0 Å². The van der Waals surface area contributed by atoms with Crippen LogP contribution in [0.25, 0.3) is 0 Å². The van der Waals surface area contributed by atoms with E-state index >= 15 is 0 Å². The van der Waals surface area contributed by atoms with Gasteiger partial charge in [0.15, 0.2) is 5.82 Å². The first-order valence-corrected chi connectivity index (χ1v) is 4.96. The number of nitrogens with zero attached hydrogens (tertiary/aromatic N) is 2. The molecule has 0 aliphatic carbocycles. The van der Waals surface area contributed by atoms with Crippen molar-refractivity contribution in [1.29, 1.82) is 0 Å². The summed E-state index contributed by atoms with van der Waals surface area (Å²) < 4.78 is 0. The smallest absolute Gasteiger partial charge is 0.155 e. The lowest BCUT2D eigenvalue weighted by Crippen LogP contribution is -2.20. The Kier molecular flexibility index (Phi) is 2.59. The van der Waals surface area contributed by atoms with Crippen LogP contribution in [0.4, 0.5) is 0 Å². The van der Waals surface area contributed by atoms with Crippen LogP contribution < -0.4 is 5.32 Å². The number of H-pyrrole nitrogens is 1. The summed E-state index contributed by atoms with van der Waals surface area (Å²) in [7, 11) is 0. The number of nitrogens with one attached hydrogen (secondary N) is 2. The van der Waals surface area contributed by atoms with E-state index in [1.807, 2.05) is 6.92 Å². The summed E-state index contributed by atoms with van der Waals surface area (Å²) in [5, 5.41) is 10.5. The van der Waals surface area contributed by atoms with E-state index in [1.165, 1.54) is 19.3 Å². The van der Waals surface area contributed by atoms with Crippen LogP contribution in [0.5, 0.6) is 0 Å². The van der Waals surface area contributed by atoms with E-state index in [9.17, 15) is 0 Å². The van der Waals surface area contributed by atoms with E-state index in [0.717, 1.165) is 24.7 Å². The molecule has 1 unspecified atom stereocenters. The molecule has 1 atom stereocenters. The van der Waals surface area contributed by atoms with Gasteiger partial charge in [0.05, 0.1) is 0 Å². The second-order valence-electron chi connectivity index (χ2n) is 3.68. The summed E-state index contributed by atoms with van der Waals surface area (Å²) in [4.78, 5) is 4.37. The second-order valence-corrected chi connectivity index (χ2v) is 3.68. The zero-order valence-corrected chi connectivity index (χ0v) is 8.01. The van der Waals surface area contributed by atoms with Crippen LogP contribution in [0.2, 0.25) is 0 Å². The molecule has 0 saturated carbocycles. The monoisotopic (exact) mass is 180 g/mol. The molecule has 1 aromatic heterocycles. The molecule has 1 aromatic rings. The molecule has 4 nitrogen and oxygen atoms in total. The summed E-state index contributed by atoms with van der Waals surface area (Å²) in [6, 6.07) is 0. The fraction of sp³-hybridized carbons (Fsp3) is 0.778. The maximum atomic E-state index is 4.37. The lowest BCUT2D eigenvalue weighted by Gasteiger charge is -2.08. The second kappa shape index (κ2) is 3.87. The average Bonchev–Trinajstić information content (AvgIpc) is 2.43. The van der Waals surface area contributed by atoms with Crippen molar-refractivity contribution < 1.29 is 0 Å². The van der Waals surface area contributed by atoms with E-state index in [2.05, 4.69) is 20.5 Å². The molecule has 1 saturated heterocycles. The Morgan fingerprint density at radius 2 is 2.31 bits per heavy atom. The van der Waals surface area contributed by atoms with E-state index in [1.54, 1.807) is 0 Å². The molecule has 2 N–H and O–H groups in total. The van der Waals surface area contributed by atoms with Gasteiger partial charge in [0.1, 0.15) is 5.82 Å². The van der Waals surface area contributed by atoms with Crippen molar-refractivity contribution in [3.63, 3.8) is 0 Å². The molecule has 2 heterocycles. The largest absolute Gasteiger partial charge is 0.316 e. The van der Waals surface area contributed by atoms with Crippen molar-refractivity contribution in [3.8, 4) is 0 Å². The summed E-state index contributed by atoms with van der Waals surface area (Å²) in [5.74, 6) is 2.40. The van der Waals surface area contributed by atoms with E-state index < -0.39 is 0 Å². The maximum absolute atomic E-state index is 4.37. The molecule has 13 heavy (non-hydrogen) atoms. The summed E-state index contributed by atoms with van der Waals surface area (Å²) in [6.45, 7) is 4.11. The van der Waals surface area contributed by atoms with E-state index in [0.29, 0.717) is 5.92 Å². The third kappa shape index (κ3) is 2.06. The average molecular weight is 180 g/mol. The van der Waals surface area contributed by atoms with Crippen molar-refractivity contribution in [2.45, 2.75) is 32.1 Å². The van der Waals surface area contributed by atoms with Crippen LogP contribution in [0.1, 0.15) is 36.8 Å². The summed E-state index contributed by atoms with van der Waals surface area (Å²) in [6.07, 6.45) is 3.77. The molecule has 0 aromatic carbocycles. The number of aromatic nitrogens is 3. The molecule has 0 spiro atoms. The Labute approximate surface area is 78.1 Å². The normalized spacial score (nSPS) is 24.2. The molecule has 1 aliphatic heterocycles. The van der Waals surface area contributed by atoms with Gasteiger partial charge < -0.3 is 5.32 Å². The first-order chi connectivity index (χ1) is 6.36. The van der Waals surface area contributed by atoms with Crippen LogP contribution in [0, 0.1) is 6.92 Å². The Hall–Kier alpha value is -0.900. The predicted octanol–water partition coefficient (Wildman–Crippen LogP) is 0.970. The van der Waals surface area contributed by atoms with Gasteiger partial charge in [-0.1, -0.05) is 6.42 Å². The van der Waals surface area contributed by atoms with E-state index in [-0.39, 0.29) is 0 Å². The van der Waals surface area contributed by atoms with Gasteiger partial charge in [-0.3, -0.25) is 5.10 Å². The van der Waals surface area contributed by atoms with Crippen molar-refractivity contribution in [2.24, 2.45) is 0 Å². The van der Waals surface area contributed by atoms with Crippen molar-refractivity contribution in [3.05, 3.63) is 11.6 Å². The van der Waals surface area contributed by atoms with Gasteiger partial charge in [-0.05, 0) is 26.3 Å². The Bertz CT molecular complexity index is 260. The Balaban J connectivity index is 2.06. The minimum Gasteiger partial charge on any atom is -0.316 e. The van der Waals surface area contributed by atoms with Crippen LogP contribution in [-0.4, -0.2) is 28.3 Å². The zero-order chi connectivity index (χ0) is 9.10. The predicted molar refractivity (Wildman–Crippen MR) is 50.6 cm³/mol. The van der Waals surface area contributed by atoms with Crippen molar-refractivity contribution >= 4 is 0 Å². The third-order valence-electron chi connectivity index (χ3n) is 2.53. The molecule has 1 aliphatic rings. The minimum atomic E-state index is 0.507. The minimum absolute atomic E-state index is 0.507. The molecule has 0 amide bonds. The lowest BCUT2D eigenvalue weighted by atomic mass is 10.0. The standard InChI is InChI=1S/C9H16N4/c1-7-11-9(13-12-7)8-4-2-3-5-10-6-8/h8,10H,2-6H2,1H3,(H,11,12,13). The lowest BCUT2D eigenvalue weighted by molar-refractivity contribution is 0.580. The quantitative estimate of drug-likeness (QED) is 0.677. The Morgan fingerprint density at radius 1 is 1.38 bits per heavy atom. The van der Waals surface area contributed by atoms with Crippen molar-refractivity contribution in [1.82, 2.24) is 20.5 Å². The van der Waals surface area contributed by atoms with Crippen LogP contribution >= 0.6 is 0 Å². The number of aromatic amines is 1. The molecule has 0 bridgehead atoms. The van der Waals surface area contributed by atoms with Crippen LogP contribution in [0.15, 0.2) is 0 Å². The molecule has 4 heteroatoms. The highest BCUT2D eigenvalue weighted by molar-refractivity contribution is 4.98. The fourth-order valence-corrected chi connectivity index (χ4v) is 1.78. The van der Waals surface area contributed by atoms with Gasteiger partial charge in [0.25, 0.3) is 0 Å². The summed E-state index contributed by atoms with van der Waals surface area (Å²) >= 11 is 0. The first-order valence-electron chi connectivity index (χ1n) is 4.96. The molecule has 1 fully saturated rings. The molecular weight excluding hydrogens is 164 g/mol. The fourth-order valence-electron chi connectivity index (χ4n) is 1.78. The molecule has 2 rings (SSSR count). The SMILES string of the molecule is Cc1nc(C2CCCCNC2)n[nH]1. The first kappa shape index (κ1) is 8.69. The number of hydrogen-bond acceptors (Lipinski definition) is 3. The third-order valence-corrected chi connectivity index (χ3v) is 2.53. The number of hydrogen-bond donors (Lipinski definition) is 2. The number of aryl methyl sites for hydroxylation is 1. The van der Waals surface area contributed by atoms with Gasteiger partial charge in [-0.25, -0.2) is 4.98 Å². The van der Waals surface area contributed by atoms with E-state index in [4.69, 9.17) is 0 Å². The van der Waals surface area contributed by atoms with Gasteiger partial charge >= 0.3 is 0 Å². The molecule has 0 radical (unpaired) electrons.